The first-order valence-corrected chi connectivity index (χ1v) is 49.0. The summed E-state index contributed by atoms with van der Waals surface area (Å²) in [5.41, 5.74) is 20.6. The van der Waals surface area contributed by atoms with E-state index < -0.39 is 0 Å². The summed E-state index contributed by atoms with van der Waals surface area (Å²) in [7, 11) is 0.690. The Morgan fingerprint density at radius 3 is 1.02 bits per heavy atom. The Morgan fingerprint density at radius 1 is 0.278 bits per heavy atom. The zero-order valence-electron chi connectivity index (χ0n) is 69.9. The minimum absolute atomic E-state index is 0. The zero-order valence-corrected chi connectivity index (χ0v) is 80.2. The molecule has 4 aliphatic heterocycles. The highest BCUT2D eigenvalue weighted by Crippen LogP contribution is 2.55. The van der Waals surface area contributed by atoms with Crippen LogP contribution >= 0.6 is 126 Å². The molecular weight excluding hydrogens is 2090 g/mol. The quantitative estimate of drug-likeness (QED) is 0.0735. The van der Waals surface area contributed by atoms with Crippen LogP contribution in [0.3, 0.4) is 0 Å². The highest BCUT2D eigenvalue weighted by molar-refractivity contribution is 14.1. The van der Waals surface area contributed by atoms with Crippen LogP contribution in [0.25, 0.3) is 121 Å². The maximum atomic E-state index is 8.70. The maximum absolute atomic E-state index is 8.70. The number of rotatable bonds is 6. The number of hydrogen-bond acceptors (Lipinski definition) is 8. The molecule has 22 aromatic rings. The van der Waals surface area contributed by atoms with Crippen molar-refractivity contribution in [3.05, 3.63) is 429 Å². The van der Waals surface area contributed by atoms with E-state index in [1.165, 1.54) is 76.4 Å². The van der Waals surface area contributed by atoms with Gasteiger partial charge in [-0.05, 0) is 214 Å². The molecule has 0 unspecified atom stereocenters. The van der Waals surface area contributed by atoms with Gasteiger partial charge in [-0.2, -0.15) is 0 Å². The summed E-state index contributed by atoms with van der Waals surface area (Å²) in [4.78, 5) is 5.98. The molecule has 0 saturated heterocycles. The van der Waals surface area contributed by atoms with Crippen LogP contribution in [0.15, 0.2) is 400 Å². The van der Waals surface area contributed by atoms with Crippen molar-refractivity contribution in [1.82, 2.24) is 18.3 Å². The van der Waals surface area contributed by atoms with Gasteiger partial charge in [0.25, 0.3) is 0 Å². The van der Waals surface area contributed by atoms with Crippen LogP contribution < -0.4 is 33.8 Å². The van der Waals surface area contributed by atoms with Crippen molar-refractivity contribution in [2.45, 2.75) is 14.9 Å². The number of ether oxygens (including phenoxy) is 4. The van der Waals surface area contributed by atoms with Crippen molar-refractivity contribution < 1.29 is 28.6 Å². The van der Waals surface area contributed by atoms with Crippen molar-refractivity contribution >= 4 is 249 Å². The number of nitrogens with zero attached hydrogens (tertiary/aromatic N) is 5. The lowest BCUT2D eigenvalue weighted by Gasteiger charge is -2.33. The monoisotopic (exact) mass is 2170 g/mol. The van der Waals surface area contributed by atoms with E-state index in [1.54, 1.807) is 0 Å². The predicted octanol–water partition coefficient (Wildman–Crippen LogP) is 36.0. The topological polar surface area (TPSA) is 101 Å². The minimum Gasteiger partial charge on any atom is -0.537 e. The normalized spacial score (nSPS) is 11.4. The van der Waals surface area contributed by atoms with Gasteiger partial charge in [0.05, 0.1) is 113 Å². The van der Waals surface area contributed by atoms with Crippen LogP contribution in [0.5, 0.6) is 51.7 Å². The first-order chi connectivity index (χ1) is 64.5. The van der Waals surface area contributed by atoms with Gasteiger partial charge in [-0.15, -0.1) is 0 Å². The molecule has 1 radical (unpaired) electrons. The fraction of sp³-hybridized carbons (Fsp3) is 0.0357. The SMILES string of the molecule is C.C.CI.CI.Clc1cccc(Cl)c1I.Clc1cccc(Cl)c1N1c2ccccc2Oc2ccccc21.Clc1cccc2c3cccc4c3n(c12)-c1ccccc1O4.O[B]Oc1ccc(-n2c3ccccc3c3ccccc32)cc1.c1ccc2c(c1)Nc1ccccc1O2.c1ccc2c(c1)Oc1cccc3c4cccc(-c5ccc(-n6c7ccccc7c7ccccc76)cc5)c4n-2c13. The molecule has 21 heteroatoms. The first-order valence-electron chi connectivity index (χ1n) is 41.7. The molecule has 18 aromatic carbocycles. The molecule has 0 aliphatic carbocycles. The number of anilines is 5. The maximum Gasteiger partial charge on any atom is 0.569 e. The Balaban J connectivity index is 0.000000116. The summed E-state index contributed by atoms with van der Waals surface area (Å²) in [6.45, 7) is 0. The van der Waals surface area contributed by atoms with Gasteiger partial charge >= 0.3 is 7.69 Å². The summed E-state index contributed by atoms with van der Waals surface area (Å²) >= 11 is 37.2. The van der Waals surface area contributed by atoms with E-state index in [0.717, 1.165) is 128 Å². The number of aromatic nitrogens is 4. The van der Waals surface area contributed by atoms with Crippen LogP contribution in [0.4, 0.5) is 28.4 Å². The van der Waals surface area contributed by atoms with Gasteiger partial charge in [-0.3, -0.25) is 0 Å². The average molecular weight is 2180 g/mol. The molecule has 0 spiro atoms. The van der Waals surface area contributed by atoms with Gasteiger partial charge in [-0.25, -0.2) is 0 Å². The van der Waals surface area contributed by atoms with Gasteiger partial charge in [0, 0.05) is 60.0 Å². The van der Waals surface area contributed by atoms with Crippen LogP contribution in [0, 0.1) is 3.57 Å². The molecule has 0 saturated carbocycles. The van der Waals surface area contributed by atoms with Crippen molar-refractivity contribution in [2.75, 3.05) is 20.1 Å². The lowest BCUT2D eigenvalue weighted by Crippen LogP contribution is -2.16. The van der Waals surface area contributed by atoms with Crippen molar-refractivity contribution in [1.29, 1.82) is 0 Å². The van der Waals surface area contributed by atoms with Gasteiger partial charge in [0.1, 0.15) is 5.75 Å². The van der Waals surface area contributed by atoms with Crippen molar-refractivity contribution in [3.8, 4) is 85.6 Å². The first kappa shape index (κ1) is 92.3. The molecule has 655 valence electrons. The highest BCUT2D eigenvalue weighted by Gasteiger charge is 2.31. The van der Waals surface area contributed by atoms with Gasteiger partial charge in [-0.1, -0.05) is 342 Å². The Morgan fingerprint density at radius 2 is 0.579 bits per heavy atom. The number of fused-ring (bicyclic) bond motifs is 20. The summed E-state index contributed by atoms with van der Waals surface area (Å²) in [5, 5.41) is 25.2. The summed E-state index contributed by atoms with van der Waals surface area (Å²) in [6, 6.07) is 135. The number of halogens is 8. The smallest absolute Gasteiger partial charge is 0.537 e. The molecule has 0 bridgehead atoms. The molecule has 2 N–H and O–H groups in total. The third-order valence-corrected chi connectivity index (χ3v) is 26.1. The van der Waals surface area contributed by atoms with Crippen LogP contribution in [-0.4, -0.2) is 40.8 Å². The lowest BCUT2D eigenvalue weighted by molar-refractivity contribution is 0.453. The predicted molar refractivity (Wildman–Crippen MR) is 586 cm³/mol. The summed E-state index contributed by atoms with van der Waals surface area (Å²) in [6.07, 6.45) is 0. The third-order valence-electron chi connectivity index (χ3n) is 22.8. The fourth-order valence-corrected chi connectivity index (χ4v) is 18.9. The molecule has 26 rings (SSSR count). The molecule has 12 nitrogen and oxygen atoms in total. The van der Waals surface area contributed by atoms with E-state index in [9.17, 15) is 0 Å². The van der Waals surface area contributed by atoms with E-state index in [4.69, 9.17) is 86.6 Å². The molecule has 0 atom stereocenters. The standard InChI is InChI=1S/C36H22N2O.C18H13BNO2.C18H11Cl2NO.C18H10ClNO.C12H9NO.C6H3Cl2I.2CH3I.2CH4/c1-3-14-30-26(9-1)27-10-2-4-15-31(27)37(30)24-21-19-23(20-22-24)25-11-7-12-28-29-13-8-18-34-36(29)38(35(25)28)32-16-5-6-17-33(32)39-34;21-19-22-14-11-9-13(10-12-14)20-17-7-3-1-5-15(17)16-6-2-4-8-18(16)20;19-12-6-5-7-13(20)18(12)21-14-8-1-3-10-16(14)22-17-11-4-2-9-15(17)21;19-13-7-3-5-11-12-6-4-10-16-18(12)20(17(11)13)14-8-1-2-9-15(14)21-16;1-3-7-11-9(5-1)13-10-6-2-4-8-12(10)14-11;7-4-2-1-3-5(8)6(4)9;2*1-2;;/h1-22H;1-12,21H;1-11H;1-10H;1-8,13H;1-3H;2*1H3;2*1H4. The van der Waals surface area contributed by atoms with E-state index in [2.05, 4.69) is 279 Å². The fourth-order valence-electron chi connectivity index (χ4n) is 17.3. The zero-order chi connectivity index (χ0) is 89.8. The van der Waals surface area contributed by atoms with Gasteiger partial charge < -0.3 is 57.1 Å². The highest BCUT2D eigenvalue weighted by atomic mass is 127. The van der Waals surface area contributed by atoms with E-state index in [0.29, 0.717) is 33.5 Å². The van der Waals surface area contributed by atoms with E-state index in [1.807, 2.05) is 227 Å². The summed E-state index contributed by atoms with van der Waals surface area (Å²) in [5.74, 6) is 7.42. The molecule has 4 aliphatic rings. The lowest BCUT2D eigenvalue weighted by atomic mass is 10.0. The van der Waals surface area contributed by atoms with E-state index >= 15 is 0 Å². The summed E-state index contributed by atoms with van der Waals surface area (Å²) < 4.78 is 39.2. The molecule has 4 aromatic heterocycles. The molecule has 133 heavy (non-hydrogen) atoms. The second-order valence-corrected chi connectivity index (χ2v) is 33.3. The third kappa shape index (κ3) is 17.8. The molecule has 0 amide bonds. The Kier molecular flexibility index (Phi) is 28.6. The van der Waals surface area contributed by atoms with Crippen molar-refractivity contribution in [2.24, 2.45) is 0 Å². The Labute approximate surface area is 837 Å². The van der Waals surface area contributed by atoms with E-state index in [-0.39, 0.29) is 14.9 Å². The second kappa shape index (κ2) is 41.3. The van der Waals surface area contributed by atoms with Crippen LogP contribution in [-0.2, 0) is 0 Å². The van der Waals surface area contributed by atoms with Crippen LogP contribution in [0.2, 0.25) is 25.1 Å². The molecular formula is C112H82BCl5I3N6O6. The van der Waals surface area contributed by atoms with Gasteiger partial charge in [0.15, 0.2) is 46.0 Å². The van der Waals surface area contributed by atoms with Crippen LogP contribution in [0.1, 0.15) is 14.9 Å². The molecule has 8 heterocycles. The minimum atomic E-state index is 0. The molecule has 0 fully saturated rings. The number of nitrogens with one attached hydrogen (secondary N) is 1. The number of para-hydroxylation sites is 21. The Bertz CT molecular complexity index is 7750. The largest absolute Gasteiger partial charge is 0.569 e. The number of benzene rings is 18. The van der Waals surface area contributed by atoms with Gasteiger partial charge in [0.2, 0.25) is 0 Å². The van der Waals surface area contributed by atoms with Crippen molar-refractivity contribution in [3.63, 3.8) is 0 Å². The number of alkyl halides is 2. The number of hydrogen-bond donors (Lipinski definition) is 2. The Hall–Kier alpha value is -12.6. The second-order valence-electron chi connectivity index (χ2n) is 30.2. The average Bonchev–Trinajstić information content (AvgIpc) is 1.55.